The second-order valence-electron chi connectivity index (χ2n) is 6.90. The zero-order valence-electron chi connectivity index (χ0n) is 16.4. The first kappa shape index (κ1) is 19.2. The quantitative estimate of drug-likeness (QED) is 0.643. The van der Waals surface area contributed by atoms with E-state index in [1.807, 2.05) is 36.3 Å². The largest absolute Gasteiger partial charge is 0.330 e. The summed E-state index contributed by atoms with van der Waals surface area (Å²) in [4.78, 5) is 32.5. The zero-order chi connectivity index (χ0) is 20.2. The topological polar surface area (TPSA) is 83.9 Å². The third kappa shape index (κ3) is 4.32. The number of carbonyl (C=O) groups is 1. The van der Waals surface area contributed by atoms with Crippen molar-refractivity contribution in [2.24, 2.45) is 0 Å². The van der Waals surface area contributed by atoms with E-state index in [0.29, 0.717) is 12.4 Å². The van der Waals surface area contributed by atoms with E-state index in [9.17, 15) is 4.79 Å². The van der Waals surface area contributed by atoms with Crippen LogP contribution < -0.4 is 5.32 Å². The van der Waals surface area contributed by atoms with Crippen molar-refractivity contribution in [3.05, 3.63) is 64.1 Å². The second-order valence-corrected chi connectivity index (χ2v) is 7.96. The van der Waals surface area contributed by atoms with Crippen LogP contribution >= 0.6 is 11.3 Å². The molecular formula is C21H22N6OS. The van der Waals surface area contributed by atoms with Gasteiger partial charge in [0.2, 0.25) is 5.91 Å². The van der Waals surface area contributed by atoms with E-state index in [1.54, 1.807) is 42.1 Å². The van der Waals surface area contributed by atoms with Crippen molar-refractivity contribution in [3.63, 3.8) is 0 Å². The van der Waals surface area contributed by atoms with Crippen molar-refractivity contribution in [1.82, 2.24) is 24.8 Å². The first-order valence-electron chi connectivity index (χ1n) is 9.52. The lowest BCUT2D eigenvalue weighted by Gasteiger charge is -2.24. The van der Waals surface area contributed by atoms with Gasteiger partial charge < -0.3 is 10.2 Å². The molecule has 1 aliphatic rings. The molecule has 0 radical (unpaired) electrons. The Balaban J connectivity index is 1.56. The number of amides is 1. The molecule has 7 nitrogen and oxygen atoms in total. The first-order chi connectivity index (χ1) is 14.1. The number of nitrogens with zero attached hydrogens (tertiary/aromatic N) is 5. The summed E-state index contributed by atoms with van der Waals surface area (Å²) in [6, 6.07) is 3.76. The van der Waals surface area contributed by atoms with Gasteiger partial charge in [0.05, 0.1) is 16.7 Å². The Morgan fingerprint density at radius 3 is 2.83 bits per heavy atom. The van der Waals surface area contributed by atoms with Crippen molar-refractivity contribution < 1.29 is 4.79 Å². The Bertz CT molecular complexity index is 1050. The molecule has 0 saturated carbocycles. The lowest BCUT2D eigenvalue weighted by atomic mass is 10.1. The molecule has 4 heterocycles. The molecule has 1 saturated heterocycles. The van der Waals surface area contributed by atoms with Crippen molar-refractivity contribution in [3.8, 4) is 0 Å². The van der Waals surface area contributed by atoms with Crippen LogP contribution in [-0.2, 0) is 4.79 Å². The average Bonchev–Trinajstić information content (AvgIpc) is 3.37. The summed E-state index contributed by atoms with van der Waals surface area (Å²) >= 11 is 1.57. The molecule has 1 atom stereocenters. The number of likely N-dealkylation sites (tertiary alicyclic amines) is 1. The highest BCUT2D eigenvalue weighted by Crippen LogP contribution is 2.35. The van der Waals surface area contributed by atoms with Gasteiger partial charge in [0.25, 0.3) is 0 Å². The number of pyridine rings is 1. The van der Waals surface area contributed by atoms with Crippen molar-refractivity contribution in [1.29, 1.82) is 0 Å². The van der Waals surface area contributed by atoms with Gasteiger partial charge in [-0.15, -0.1) is 11.3 Å². The number of aryl methyl sites for hydroxylation is 2. The molecule has 4 rings (SSSR count). The van der Waals surface area contributed by atoms with Gasteiger partial charge in [-0.05, 0) is 44.4 Å². The van der Waals surface area contributed by atoms with Crippen LogP contribution in [0.15, 0.2) is 42.2 Å². The van der Waals surface area contributed by atoms with Gasteiger partial charge in [-0.2, -0.15) is 0 Å². The third-order valence-electron chi connectivity index (χ3n) is 4.86. The van der Waals surface area contributed by atoms with Crippen LogP contribution in [0.2, 0.25) is 0 Å². The Morgan fingerprint density at radius 1 is 1.21 bits per heavy atom. The van der Waals surface area contributed by atoms with Gasteiger partial charge in [0.1, 0.15) is 11.5 Å². The van der Waals surface area contributed by atoms with Crippen LogP contribution in [0, 0.1) is 13.8 Å². The highest BCUT2D eigenvalue weighted by molar-refractivity contribution is 7.09. The third-order valence-corrected chi connectivity index (χ3v) is 5.65. The molecular weight excluding hydrogens is 384 g/mol. The molecule has 148 valence electrons. The van der Waals surface area contributed by atoms with Gasteiger partial charge in [-0.3, -0.25) is 9.78 Å². The van der Waals surface area contributed by atoms with E-state index in [0.717, 1.165) is 40.6 Å². The van der Waals surface area contributed by atoms with Gasteiger partial charge >= 0.3 is 0 Å². The maximum atomic E-state index is 12.9. The van der Waals surface area contributed by atoms with Crippen molar-refractivity contribution in [2.75, 3.05) is 11.9 Å². The lowest BCUT2D eigenvalue weighted by Crippen LogP contribution is -2.30. The molecule has 0 aliphatic carbocycles. The predicted molar refractivity (Wildman–Crippen MR) is 114 cm³/mol. The standard InChI is InChI=1S/C21H22N6OS/c1-14-5-3-9-23-20(14)26-21-19(22-10-11-24-21)17-6-4-12-27(17)18(28)8-7-16-13-29-15(2)25-16/h3,5,7-11,13,17H,4,6,12H2,1-2H3,(H,23,24,26)/b8-7+/t17-/m0/s1. The molecule has 1 amide bonds. The maximum absolute atomic E-state index is 12.9. The van der Waals surface area contributed by atoms with E-state index >= 15 is 0 Å². The first-order valence-corrected chi connectivity index (χ1v) is 10.4. The fourth-order valence-corrected chi connectivity index (χ4v) is 4.02. The van der Waals surface area contributed by atoms with Crippen LogP contribution in [0.1, 0.15) is 40.8 Å². The summed E-state index contributed by atoms with van der Waals surface area (Å²) in [6.07, 6.45) is 10.2. The maximum Gasteiger partial charge on any atom is 0.247 e. The number of hydrogen-bond acceptors (Lipinski definition) is 7. The Kier molecular flexibility index (Phi) is 5.62. The Hall–Kier alpha value is -3.13. The summed E-state index contributed by atoms with van der Waals surface area (Å²) in [5, 5.41) is 6.22. The zero-order valence-corrected chi connectivity index (χ0v) is 17.2. The van der Waals surface area contributed by atoms with Crippen molar-refractivity contribution in [2.45, 2.75) is 32.7 Å². The van der Waals surface area contributed by atoms with Crippen LogP contribution in [0.25, 0.3) is 6.08 Å². The molecule has 1 aliphatic heterocycles. The number of carbonyl (C=O) groups excluding carboxylic acids is 1. The van der Waals surface area contributed by atoms with Gasteiger partial charge in [0, 0.05) is 36.6 Å². The second kappa shape index (κ2) is 8.48. The summed E-state index contributed by atoms with van der Waals surface area (Å²) in [5.74, 6) is 1.34. The van der Waals surface area contributed by atoms with E-state index in [1.165, 1.54) is 0 Å². The monoisotopic (exact) mass is 406 g/mol. The van der Waals surface area contributed by atoms with Crippen molar-refractivity contribution >= 4 is 35.0 Å². The van der Waals surface area contributed by atoms with Gasteiger partial charge in [-0.25, -0.2) is 15.0 Å². The lowest BCUT2D eigenvalue weighted by molar-refractivity contribution is -0.126. The van der Waals surface area contributed by atoms with E-state index in [2.05, 4.69) is 25.3 Å². The van der Waals surface area contributed by atoms with E-state index < -0.39 is 0 Å². The summed E-state index contributed by atoms with van der Waals surface area (Å²) in [7, 11) is 0. The number of thiazole rings is 1. The number of hydrogen-bond donors (Lipinski definition) is 1. The molecule has 0 bridgehead atoms. The summed E-state index contributed by atoms with van der Waals surface area (Å²) in [6.45, 7) is 4.64. The minimum Gasteiger partial charge on any atom is -0.330 e. The van der Waals surface area contributed by atoms with E-state index in [4.69, 9.17) is 0 Å². The van der Waals surface area contributed by atoms with Crippen LogP contribution in [0.4, 0.5) is 11.6 Å². The highest BCUT2D eigenvalue weighted by Gasteiger charge is 2.32. The number of anilines is 2. The van der Waals surface area contributed by atoms with Crippen LogP contribution in [0.5, 0.6) is 0 Å². The van der Waals surface area contributed by atoms with Gasteiger partial charge in [-0.1, -0.05) is 6.07 Å². The minimum atomic E-state index is -0.121. The summed E-state index contributed by atoms with van der Waals surface area (Å²) in [5.41, 5.74) is 2.59. The average molecular weight is 407 g/mol. The molecule has 0 unspecified atom stereocenters. The normalized spacial score (nSPS) is 16.5. The fourth-order valence-electron chi connectivity index (χ4n) is 3.44. The molecule has 1 fully saturated rings. The van der Waals surface area contributed by atoms with Crippen LogP contribution in [-0.4, -0.2) is 37.3 Å². The molecule has 8 heteroatoms. The molecule has 0 aromatic carbocycles. The molecule has 29 heavy (non-hydrogen) atoms. The highest BCUT2D eigenvalue weighted by atomic mass is 32.1. The molecule has 0 spiro atoms. The SMILES string of the molecule is Cc1nc(/C=C/C(=O)N2CCC[C@H]2c2nccnc2Nc2ncccc2C)cs1. The molecule has 1 N–H and O–H groups in total. The number of rotatable bonds is 5. The smallest absolute Gasteiger partial charge is 0.247 e. The fraction of sp³-hybridized carbons (Fsp3) is 0.286. The van der Waals surface area contributed by atoms with Crippen LogP contribution in [0.3, 0.4) is 0 Å². The minimum absolute atomic E-state index is 0.0382. The predicted octanol–water partition coefficient (Wildman–Crippen LogP) is 4.07. The number of aromatic nitrogens is 4. The van der Waals surface area contributed by atoms with Gasteiger partial charge in [0.15, 0.2) is 5.82 Å². The number of nitrogens with one attached hydrogen (secondary N) is 1. The summed E-state index contributed by atoms with van der Waals surface area (Å²) < 4.78 is 0. The molecule has 3 aromatic rings. The Labute approximate surface area is 173 Å². The van der Waals surface area contributed by atoms with E-state index in [-0.39, 0.29) is 11.9 Å². The Morgan fingerprint density at radius 2 is 2.03 bits per heavy atom. The molecule has 3 aromatic heterocycles.